The molecule has 21 heavy (non-hydrogen) atoms. The molecule has 2 N–H and O–H groups in total. The largest absolute Gasteiger partial charge is 0.477 e. The fourth-order valence-electron chi connectivity index (χ4n) is 1.71. The molecule has 0 atom stereocenters. The molecule has 8 heteroatoms. The zero-order valence-electron chi connectivity index (χ0n) is 10.9. The SMILES string of the molecule is Cc1nc(NCc2cccc(C(F)(F)F)c2)sc1C(=O)O. The van der Waals surface area contributed by atoms with Gasteiger partial charge in [0, 0.05) is 6.54 Å². The summed E-state index contributed by atoms with van der Waals surface area (Å²) < 4.78 is 37.7. The van der Waals surface area contributed by atoms with Gasteiger partial charge in [-0.3, -0.25) is 0 Å². The minimum Gasteiger partial charge on any atom is -0.477 e. The average molecular weight is 316 g/mol. The fourth-order valence-corrected chi connectivity index (χ4v) is 2.51. The summed E-state index contributed by atoms with van der Waals surface area (Å²) in [5, 5.41) is 12.1. The van der Waals surface area contributed by atoms with Crippen molar-refractivity contribution in [1.29, 1.82) is 0 Å². The van der Waals surface area contributed by atoms with E-state index in [1.54, 1.807) is 13.0 Å². The van der Waals surface area contributed by atoms with Crippen LogP contribution in [-0.4, -0.2) is 16.1 Å². The summed E-state index contributed by atoms with van der Waals surface area (Å²) in [6.07, 6.45) is -4.38. The molecule has 0 aliphatic heterocycles. The van der Waals surface area contributed by atoms with Crippen molar-refractivity contribution in [3.63, 3.8) is 0 Å². The molecule has 0 amide bonds. The molecule has 0 bridgehead atoms. The average Bonchev–Trinajstić information content (AvgIpc) is 2.77. The summed E-state index contributed by atoms with van der Waals surface area (Å²) in [7, 11) is 0. The van der Waals surface area contributed by atoms with Gasteiger partial charge < -0.3 is 10.4 Å². The van der Waals surface area contributed by atoms with Gasteiger partial charge in [-0.05, 0) is 24.6 Å². The van der Waals surface area contributed by atoms with E-state index < -0.39 is 17.7 Å². The number of alkyl halides is 3. The number of nitrogens with zero attached hydrogens (tertiary/aromatic N) is 1. The molecule has 0 saturated carbocycles. The number of hydrogen-bond acceptors (Lipinski definition) is 4. The third kappa shape index (κ3) is 3.72. The van der Waals surface area contributed by atoms with Gasteiger partial charge in [-0.25, -0.2) is 9.78 Å². The van der Waals surface area contributed by atoms with E-state index in [1.165, 1.54) is 6.07 Å². The van der Waals surface area contributed by atoms with E-state index in [-0.39, 0.29) is 11.4 Å². The molecule has 2 aromatic rings. The number of aromatic nitrogens is 1. The summed E-state index contributed by atoms with van der Waals surface area (Å²) in [6, 6.07) is 4.93. The maximum atomic E-state index is 12.6. The summed E-state index contributed by atoms with van der Waals surface area (Å²) in [6.45, 7) is 1.70. The van der Waals surface area contributed by atoms with Crippen molar-refractivity contribution in [1.82, 2.24) is 4.98 Å². The highest BCUT2D eigenvalue weighted by Crippen LogP contribution is 2.30. The van der Waals surface area contributed by atoms with Crippen LogP contribution in [0.2, 0.25) is 0 Å². The number of aryl methyl sites for hydroxylation is 1. The number of thiazole rings is 1. The summed E-state index contributed by atoms with van der Waals surface area (Å²) in [5.74, 6) is -1.07. The Morgan fingerprint density at radius 1 is 1.43 bits per heavy atom. The van der Waals surface area contributed by atoms with Gasteiger partial charge in [-0.15, -0.1) is 0 Å². The molecule has 0 radical (unpaired) electrons. The lowest BCUT2D eigenvalue weighted by Gasteiger charge is -2.09. The lowest BCUT2D eigenvalue weighted by molar-refractivity contribution is -0.137. The zero-order valence-corrected chi connectivity index (χ0v) is 11.7. The molecule has 0 spiro atoms. The number of rotatable bonds is 4. The molecule has 0 aliphatic carbocycles. The molecule has 0 unspecified atom stereocenters. The number of halogens is 3. The van der Waals surface area contributed by atoms with Gasteiger partial charge in [0.15, 0.2) is 5.13 Å². The quantitative estimate of drug-likeness (QED) is 0.901. The first-order valence-electron chi connectivity index (χ1n) is 5.88. The van der Waals surface area contributed by atoms with Crippen LogP contribution in [0.15, 0.2) is 24.3 Å². The van der Waals surface area contributed by atoms with Crippen molar-refractivity contribution in [2.24, 2.45) is 0 Å². The molecule has 1 aromatic heterocycles. The van der Waals surface area contributed by atoms with Crippen LogP contribution < -0.4 is 5.32 Å². The van der Waals surface area contributed by atoms with Crippen LogP contribution in [0.4, 0.5) is 18.3 Å². The maximum Gasteiger partial charge on any atom is 0.416 e. The third-order valence-electron chi connectivity index (χ3n) is 2.69. The molecule has 0 aliphatic rings. The smallest absolute Gasteiger partial charge is 0.416 e. The van der Waals surface area contributed by atoms with E-state index >= 15 is 0 Å². The van der Waals surface area contributed by atoms with Crippen molar-refractivity contribution >= 4 is 22.4 Å². The van der Waals surface area contributed by atoms with Crippen molar-refractivity contribution in [3.8, 4) is 0 Å². The Balaban J connectivity index is 2.10. The Morgan fingerprint density at radius 2 is 2.14 bits per heavy atom. The molecule has 0 fully saturated rings. The highest BCUT2D eigenvalue weighted by molar-refractivity contribution is 7.17. The van der Waals surface area contributed by atoms with Gasteiger partial charge in [-0.1, -0.05) is 23.5 Å². The minimum absolute atomic E-state index is 0.113. The van der Waals surface area contributed by atoms with E-state index in [1.807, 2.05) is 0 Å². The van der Waals surface area contributed by atoms with Crippen LogP contribution in [0.3, 0.4) is 0 Å². The highest BCUT2D eigenvalue weighted by Gasteiger charge is 2.30. The number of carboxylic acids is 1. The summed E-state index contributed by atoms with van der Waals surface area (Å²) >= 11 is 0.953. The monoisotopic (exact) mass is 316 g/mol. The van der Waals surface area contributed by atoms with Gasteiger partial charge in [0.2, 0.25) is 0 Å². The van der Waals surface area contributed by atoms with Gasteiger partial charge in [0.1, 0.15) is 4.88 Å². The third-order valence-corrected chi connectivity index (χ3v) is 3.79. The number of aromatic carboxylic acids is 1. The second-order valence-corrected chi connectivity index (χ2v) is 5.29. The van der Waals surface area contributed by atoms with Crippen LogP contribution in [0.1, 0.15) is 26.5 Å². The number of benzene rings is 1. The summed E-state index contributed by atoms with van der Waals surface area (Å²) in [4.78, 5) is 15.0. The van der Waals surface area contributed by atoms with Crippen molar-refractivity contribution < 1.29 is 23.1 Å². The van der Waals surface area contributed by atoms with Gasteiger partial charge >= 0.3 is 12.1 Å². The lowest BCUT2D eigenvalue weighted by Crippen LogP contribution is -2.06. The Bertz CT molecular complexity index is 668. The van der Waals surface area contributed by atoms with Crippen LogP contribution in [0, 0.1) is 6.92 Å². The molecule has 2 rings (SSSR count). The zero-order chi connectivity index (χ0) is 15.6. The van der Waals surface area contributed by atoms with Gasteiger partial charge in [-0.2, -0.15) is 13.2 Å². The van der Waals surface area contributed by atoms with Crippen LogP contribution in [0.25, 0.3) is 0 Å². The molecule has 1 aromatic carbocycles. The lowest BCUT2D eigenvalue weighted by atomic mass is 10.1. The molecule has 1 heterocycles. The normalized spacial score (nSPS) is 11.4. The van der Waals surface area contributed by atoms with E-state index in [2.05, 4.69) is 10.3 Å². The van der Waals surface area contributed by atoms with Gasteiger partial charge in [0.25, 0.3) is 0 Å². The van der Waals surface area contributed by atoms with Crippen LogP contribution in [-0.2, 0) is 12.7 Å². The fraction of sp³-hybridized carbons (Fsp3) is 0.231. The highest BCUT2D eigenvalue weighted by atomic mass is 32.1. The standard InChI is InChI=1S/C13H11F3N2O2S/c1-7-10(11(19)20)21-12(18-7)17-6-8-3-2-4-9(5-8)13(14,15)16/h2-5H,6H2,1H3,(H,17,18)(H,19,20). The van der Waals surface area contributed by atoms with Crippen LogP contribution in [0.5, 0.6) is 0 Å². The first kappa shape index (κ1) is 15.3. The predicted molar refractivity (Wildman–Crippen MR) is 72.6 cm³/mol. The number of carbonyl (C=O) groups is 1. The summed E-state index contributed by atoms with van der Waals surface area (Å²) in [5.41, 5.74) is 0.0944. The second-order valence-electron chi connectivity index (χ2n) is 4.29. The Hall–Kier alpha value is -2.09. The van der Waals surface area contributed by atoms with Gasteiger partial charge in [0.05, 0.1) is 11.3 Å². The predicted octanol–water partition coefficient (Wildman–Crippen LogP) is 3.78. The number of carboxylic acid groups (broad SMARTS) is 1. The Morgan fingerprint density at radius 3 is 2.71 bits per heavy atom. The first-order chi connectivity index (χ1) is 9.77. The number of anilines is 1. The first-order valence-corrected chi connectivity index (χ1v) is 6.70. The Kier molecular flexibility index (Phi) is 4.17. The maximum absolute atomic E-state index is 12.6. The van der Waals surface area contributed by atoms with E-state index in [4.69, 9.17) is 5.11 Å². The molecular formula is C13H11F3N2O2S. The molecular weight excluding hydrogens is 305 g/mol. The molecule has 112 valence electrons. The van der Waals surface area contributed by atoms with Crippen molar-refractivity contribution in [3.05, 3.63) is 46.0 Å². The Labute approximate surface area is 122 Å². The molecule has 4 nitrogen and oxygen atoms in total. The minimum atomic E-state index is -4.38. The second kappa shape index (κ2) is 5.72. The molecule has 0 saturated heterocycles. The van der Waals surface area contributed by atoms with Crippen molar-refractivity contribution in [2.45, 2.75) is 19.6 Å². The van der Waals surface area contributed by atoms with Crippen molar-refractivity contribution in [2.75, 3.05) is 5.32 Å². The topological polar surface area (TPSA) is 62.2 Å². The number of hydrogen-bond donors (Lipinski definition) is 2. The van der Waals surface area contributed by atoms with E-state index in [0.29, 0.717) is 16.4 Å². The van der Waals surface area contributed by atoms with E-state index in [0.717, 1.165) is 23.5 Å². The van der Waals surface area contributed by atoms with E-state index in [9.17, 15) is 18.0 Å². The number of nitrogens with one attached hydrogen (secondary N) is 1. The van der Waals surface area contributed by atoms with Crippen LogP contribution >= 0.6 is 11.3 Å².